The number of hydrogen-bond donors (Lipinski definition) is 1. The van der Waals surface area contributed by atoms with Crippen LogP contribution in [0, 0.1) is 0 Å². The van der Waals surface area contributed by atoms with Crippen LogP contribution in [0.4, 0.5) is 5.69 Å². The summed E-state index contributed by atoms with van der Waals surface area (Å²) < 4.78 is 7.42. The first-order valence-corrected chi connectivity index (χ1v) is 6.55. The van der Waals surface area contributed by atoms with Crippen LogP contribution in [0.15, 0.2) is 30.7 Å². The molecule has 5 heteroatoms. The molecule has 0 aliphatic rings. The Hall–Kier alpha value is -2.04. The van der Waals surface area contributed by atoms with Crippen molar-refractivity contribution < 1.29 is 4.74 Å². The summed E-state index contributed by atoms with van der Waals surface area (Å²) >= 11 is 0. The molecule has 5 nitrogen and oxygen atoms in total. The van der Waals surface area contributed by atoms with Crippen LogP contribution in [-0.4, -0.2) is 21.4 Å². The molecule has 0 unspecified atom stereocenters. The molecule has 19 heavy (non-hydrogen) atoms. The van der Waals surface area contributed by atoms with Crippen molar-refractivity contribution in [3.8, 4) is 5.88 Å². The van der Waals surface area contributed by atoms with E-state index >= 15 is 0 Å². The van der Waals surface area contributed by atoms with E-state index in [2.05, 4.69) is 29.2 Å². The maximum absolute atomic E-state index is 5.47. The minimum absolute atomic E-state index is 0.381. The Bertz CT molecular complexity index is 522. The third-order valence-electron chi connectivity index (χ3n) is 2.72. The second kappa shape index (κ2) is 6.22. The summed E-state index contributed by atoms with van der Waals surface area (Å²) in [7, 11) is 0. The second-order valence-corrected chi connectivity index (χ2v) is 4.57. The van der Waals surface area contributed by atoms with Crippen molar-refractivity contribution in [2.45, 2.75) is 33.4 Å². The number of nitrogens with zero attached hydrogens (tertiary/aromatic N) is 3. The minimum Gasteiger partial charge on any atom is -0.476 e. The lowest BCUT2D eigenvalue weighted by Crippen LogP contribution is -2.04. The maximum atomic E-state index is 5.47. The molecule has 0 atom stereocenters. The van der Waals surface area contributed by atoms with Crippen LogP contribution in [0.2, 0.25) is 0 Å². The molecule has 0 radical (unpaired) electrons. The first-order valence-electron chi connectivity index (χ1n) is 6.55. The van der Waals surface area contributed by atoms with Gasteiger partial charge in [-0.3, -0.25) is 4.68 Å². The normalized spacial score (nSPS) is 10.7. The molecule has 102 valence electrons. The van der Waals surface area contributed by atoms with Gasteiger partial charge in [-0.2, -0.15) is 5.10 Å². The van der Waals surface area contributed by atoms with Crippen LogP contribution < -0.4 is 10.1 Å². The number of nitrogens with one attached hydrogen (secondary N) is 1. The fourth-order valence-electron chi connectivity index (χ4n) is 1.73. The van der Waals surface area contributed by atoms with E-state index in [4.69, 9.17) is 4.74 Å². The van der Waals surface area contributed by atoms with Crippen LogP contribution in [-0.2, 0) is 6.54 Å². The Kier molecular flexibility index (Phi) is 4.39. The maximum Gasteiger partial charge on any atom is 0.237 e. The van der Waals surface area contributed by atoms with Crippen molar-refractivity contribution in [2.24, 2.45) is 0 Å². The van der Waals surface area contributed by atoms with E-state index in [1.165, 1.54) is 0 Å². The van der Waals surface area contributed by atoms with Crippen molar-refractivity contribution in [1.29, 1.82) is 0 Å². The first kappa shape index (κ1) is 13.4. The van der Waals surface area contributed by atoms with Crippen molar-refractivity contribution in [1.82, 2.24) is 14.8 Å². The lowest BCUT2D eigenvalue weighted by Gasteiger charge is -2.10. The number of rotatable bonds is 6. The van der Waals surface area contributed by atoms with E-state index in [0.29, 0.717) is 25.1 Å². The average Bonchev–Trinajstić information content (AvgIpc) is 2.87. The summed E-state index contributed by atoms with van der Waals surface area (Å²) in [5.74, 6) is 0.640. The third kappa shape index (κ3) is 3.47. The van der Waals surface area contributed by atoms with Crippen LogP contribution in [0.25, 0.3) is 0 Å². The monoisotopic (exact) mass is 260 g/mol. The standard InChI is InChI=1S/C14H20N4O/c1-4-19-14-13(6-5-7-15-14)16-8-12-9-17-18(10-12)11(2)3/h5-7,9-11,16H,4,8H2,1-3H3. The number of aromatic nitrogens is 3. The predicted octanol–water partition coefficient (Wildman–Crippen LogP) is 2.87. The smallest absolute Gasteiger partial charge is 0.237 e. The van der Waals surface area contributed by atoms with Crippen molar-refractivity contribution >= 4 is 5.69 Å². The van der Waals surface area contributed by atoms with Gasteiger partial charge >= 0.3 is 0 Å². The van der Waals surface area contributed by atoms with Gasteiger partial charge in [0.1, 0.15) is 0 Å². The van der Waals surface area contributed by atoms with E-state index in [1.54, 1.807) is 6.20 Å². The predicted molar refractivity (Wildman–Crippen MR) is 75.3 cm³/mol. The van der Waals surface area contributed by atoms with Gasteiger partial charge in [-0.25, -0.2) is 4.98 Å². The molecule has 2 rings (SSSR count). The first-order chi connectivity index (χ1) is 9.20. The molecule has 0 amide bonds. The van der Waals surface area contributed by atoms with Crippen molar-refractivity contribution in [2.75, 3.05) is 11.9 Å². The molecule has 0 aliphatic heterocycles. The van der Waals surface area contributed by atoms with Gasteiger partial charge in [0, 0.05) is 30.5 Å². The van der Waals surface area contributed by atoms with E-state index in [9.17, 15) is 0 Å². The summed E-state index contributed by atoms with van der Waals surface area (Å²) in [5, 5.41) is 7.64. The highest BCUT2D eigenvalue weighted by atomic mass is 16.5. The largest absolute Gasteiger partial charge is 0.476 e. The molecule has 2 aromatic rings. The number of hydrogen-bond acceptors (Lipinski definition) is 4. The topological polar surface area (TPSA) is 52.0 Å². The zero-order chi connectivity index (χ0) is 13.7. The molecule has 0 aliphatic carbocycles. The molecule has 0 spiro atoms. The van der Waals surface area contributed by atoms with Gasteiger partial charge in [-0.05, 0) is 32.9 Å². The van der Waals surface area contributed by atoms with Gasteiger partial charge in [-0.15, -0.1) is 0 Å². The SMILES string of the molecule is CCOc1ncccc1NCc1cnn(C(C)C)c1. The fourth-order valence-corrected chi connectivity index (χ4v) is 1.73. The quantitative estimate of drug-likeness (QED) is 0.867. The highest BCUT2D eigenvalue weighted by Gasteiger charge is 2.05. The summed E-state index contributed by atoms with van der Waals surface area (Å²) in [6, 6.07) is 4.24. The highest BCUT2D eigenvalue weighted by molar-refractivity contribution is 5.52. The minimum atomic E-state index is 0.381. The highest BCUT2D eigenvalue weighted by Crippen LogP contribution is 2.21. The van der Waals surface area contributed by atoms with Gasteiger partial charge in [0.25, 0.3) is 0 Å². The van der Waals surface area contributed by atoms with Crippen LogP contribution >= 0.6 is 0 Å². The Balaban J connectivity index is 2.01. The Morgan fingerprint density at radius 3 is 2.95 bits per heavy atom. The summed E-state index contributed by atoms with van der Waals surface area (Å²) in [5.41, 5.74) is 2.04. The van der Waals surface area contributed by atoms with Crippen LogP contribution in [0.5, 0.6) is 5.88 Å². The second-order valence-electron chi connectivity index (χ2n) is 4.57. The Labute approximate surface area is 113 Å². The molecule has 2 heterocycles. The van der Waals surface area contributed by atoms with E-state index in [0.717, 1.165) is 11.3 Å². The van der Waals surface area contributed by atoms with Gasteiger partial charge in [0.05, 0.1) is 18.5 Å². The number of pyridine rings is 1. The zero-order valence-corrected chi connectivity index (χ0v) is 11.6. The molecular formula is C14H20N4O. The molecule has 0 aromatic carbocycles. The molecule has 2 aromatic heterocycles. The van der Waals surface area contributed by atoms with Gasteiger partial charge in [-0.1, -0.05) is 0 Å². The van der Waals surface area contributed by atoms with E-state index in [1.807, 2.05) is 36.1 Å². The fraction of sp³-hybridized carbons (Fsp3) is 0.429. The van der Waals surface area contributed by atoms with Crippen LogP contribution in [0.3, 0.4) is 0 Å². The van der Waals surface area contributed by atoms with Crippen molar-refractivity contribution in [3.05, 3.63) is 36.3 Å². The lowest BCUT2D eigenvalue weighted by molar-refractivity contribution is 0.328. The molecule has 1 N–H and O–H groups in total. The van der Waals surface area contributed by atoms with Gasteiger partial charge < -0.3 is 10.1 Å². The van der Waals surface area contributed by atoms with Gasteiger partial charge in [0.15, 0.2) is 0 Å². The van der Waals surface area contributed by atoms with Crippen molar-refractivity contribution in [3.63, 3.8) is 0 Å². The molecule has 0 fully saturated rings. The van der Waals surface area contributed by atoms with Gasteiger partial charge in [0.2, 0.25) is 5.88 Å². The third-order valence-corrected chi connectivity index (χ3v) is 2.72. The van der Waals surface area contributed by atoms with Crippen LogP contribution in [0.1, 0.15) is 32.4 Å². The summed E-state index contributed by atoms with van der Waals surface area (Å²) in [6.45, 7) is 7.48. The summed E-state index contributed by atoms with van der Waals surface area (Å²) in [6.07, 6.45) is 5.66. The van der Waals surface area contributed by atoms with E-state index < -0.39 is 0 Å². The molecule has 0 saturated heterocycles. The van der Waals surface area contributed by atoms with E-state index in [-0.39, 0.29) is 0 Å². The molecule has 0 bridgehead atoms. The number of ether oxygens (including phenoxy) is 1. The molecular weight excluding hydrogens is 240 g/mol. The summed E-state index contributed by atoms with van der Waals surface area (Å²) in [4.78, 5) is 4.21. The molecule has 0 saturated carbocycles. The zero-order valence-electron chi connectivity index (χ0n) is 11.6. The Morgan fingerprint density at radius 1 is 1.42 bits per heavy atom. The average molecular weight is 260 g/mol. The lowest BCUT2D eigenvalue weighted by atomic mass is 10.3. The Morgan fingerprint density at radius 2 is 2.26 bits per heavy atom. The number of anilines is 1.